The molecule has 1 atom stereocenters. The van der Waals surface area contributed by atoms with Crippen LogP contribution < -0.4 is 9.88 Å². The van der Waals surface area contributed by atoms with Gasteiger partial charge in [-0.25, -0.2) is 5.14 Å². The Morgan fingerprint density at radius 1 is 1.15 bits per heavy atom. The molecular formula is C18H28N4O4S. The van der Waals surface area contributed by atoms with Gasteiger partial charge in [0.15, 0.2) is 0 Å². The number of nitrogens with zero attached hydrogens (tertiary/aromatic N) is 3. The fraction of sp³-hybridized carbons (Fsp3) is 0.611. The quantitative estimate of drug-likeness (QED) is 0.758. The molecule has 0 aliphatic carbocycles. The fourth-order valence-electron chi connectivity index (χ4n) is 3.79. The van der Waals surface area contributed by atoms with Gasteiger partial charge in [-0.15, -0.1) is 0 Å². The summed E-state index contributed by atoms with van der Waals surface area (Å²) in [4.78, 5) is 16.8. The van der Waals surface area contributed by atoms with Gasteiger partial charge in [0, 0.05) is 32.7 Å². The first-order valence-corrected chi connectivity index (χ1v) is 10.9. The molecule has 1 amide bonds. The first-order valence-electron chi connectivity index (χ1n) is 9.41. The molecule has 0 aromatic heterocycles. The standard InChI is InChI=1S/C18H28N4O4S/c1-2-26-16-7-5-15(6-8-16)17-4-3-9-22(17)18(23)14-20-10-12-21(13-11-20)27(19,24)25/h5-8,17H,2-4,9-14H2,1H3,(H2,19,24,25). The molecule has 2 saturated heterocycles. The maximum Gasteiger partial charge on any atom is 0.276 e. The van der Waals surface area contributed by atoms with Crippen molar-refractivity contribution >= 4 is 16.1 Å². The Morgan fingerprint density at radius 2 is 1.81 bits per heavy atom. The molecule has 2 fully saturated rings. The van der Waals surface area contributed by atoms with Crippen LogP contribution in [-0.2, 0) is 15.0 Å². The Hall–Kier alpha value is -1.68. The lowest BCUT2D eigenvalue weighted by molar-refractivity contribution is -0.133. The van der Waals surface area contributed by atoms with E-state index in [9.17, 15) is 13.2 Å². The molecule has 27 heavy (non-hydrogen) atoms. The highest BCUT2D eigenvalue weighted by atomic mass is 32.2. The minimum atomic E-state index is -3.64. The second-order valence-electron chi connectivity index (χ2n) is 6.97. The number of hydrogen-bond acceptors (Lipinski definition) is 5. The monoisotopic (exact) mass is 396 g/mol. The summed E-state index contributed by atoms with van der Waals surface area (Å²) in [5.41, 5.74) is 1.13. The molecule has 3 rings (SSSR count). The third-order valence-corrected chi connectivity index (χ3v) is 6.28. The highest BCUT2D eigenvalue weighted by Gasteiger charge is 2.32. The van der Waals surface area contributed by atoms with Crippen LogP contribution in [0, 0.1) is 0 Å². The average molecular weight is 397 g/mol. The minimum absolute atomic E-state index is 0.0930. The molecule has 1 aromatic rings. The maximum absolute atomic E-state index is 12.8. The van der Waals surface area contributed by atoms with Gasteiger partial charge in [0.2, 0.25) is 5.91 Å². The topological polar surface area (TPSA) is 96.2 Å². The molecule has 9 heteroatoms. The van der Waals surface area contributed by atoms with Gasteiger partial charge >= 0.3 is 0 Å². The van der Waals surface area contributed by atoms with E-state index in [4.69, 9.17) is 9.88 Å². The van der Waals surface area contributed by atoms with E-state index in [1.165, 1.54) is 4.31 Å². The lowest BCUT2D eigenvalue weighted by atomic mass is 10.0. The van der Waals surface area contributed by atoms with Crippen molar-refractivity contribution in [1.29, 1.82) is 0 Å². The zero-order valence-electron chi connectivity index (χ0n) is 15.7. The molecule has 2 aliphatic rings. The van der Waals surface area contributed by atoms with Crippen molar-refractivity contribution in [2.24, 2.45) is 5.14 Å². The molecule has 8 nitrogen and oxygen atoms in total. The maximum atomic E-state index is 12.8. The Labute approximate surface area is 161 Å². The highest BCUT2D eigenvalue weighted by molar-refractivity contribution is 7.86. The predicted molar refractivity (Wildman–Crippen MR) is 102 cm³/mol. The van der Waals surface area contributed by atoms with Gasteiger partial charge in [-0.3, -0.25) is 9.69 Å². The largest absolute Gasteiger partial charge is 0.494 e. The second-order valence-corrected chi connectivity index (χ2v) is 8.51. The van der Waals surface area contributed by atoms with Crippen LogP contribution in [0.15, 0.2) is 24.3 Å². The van der Waals surface area contributed by atoms with Gasteiger partial charge in [0.25, 0.3) is 10.2 Å². The summed E-state index contributed by atoms with van der Waals surface area (Å²) >= 11 is 0. The molecule has 0 radical (unpaired) electrons. The number of rotatable bonds is 6. The van der Waals surface area contributed by atoms with Gasteiger partial charge in [0.1, 0.15) is 5.75 Å². The third kappa shape index (κ3) is 4.98. The fourth-order valence-corrected chi connectivity index (χ4v) is 4.46. The average Bonchev–Trinajstić information content (AvgIpc) is 3.12. The van der Waals surface area contributed by atoms with Gasteiger partial charge in [-0.05, 0) is 37.5 Å². The number of likely N-dealkylation sites (tertiary alicyclic amines) is 1. The van der Waals surface area contributed by atoms with Crippen molar-refractivity contribution in [1.82, 2.24) is 14.1 Å². The number of carbonyl (C=O) groups is 1. The van der Waals surface area contributed by atoms with Crippen LogP contribution >= 0.6 is 0 Å². The zero-order valence-corrected chi connectivity index (χ0v) is 16.5. The van der Waals surface area contributed by atoms with Crippen molar-refractivity contribution in [2.45, 2.75) is 25.8 Å². The molecule has 0 saturated carbocycles. The Balaban J connectivity index is 1.58. The number of piperazine rings is 1. The molecular weight excluding hydrogens is 368 g/mol. The summed E-state index contributed by atoms with van der Waals surface area (Å²) in [6.45, 7) is 5.34. The van der Waals surface area contributed by atoms with Crippen LogP contribution in [0.2, 0.25) is 0 Å². The van der Waals surface area contributed by atoms with E-state index in [2.05, 4.69) is 0 Å². The van der Waals surface area contributed by atoms with E-state index in [1.807, 2.05) is 41.0 Å². The van der Waals surface area contributed by atoms with E-state index in [0.29, 0.717) is 39.3 Å². The molecule has 2 heterocycles. The lowest BCUT2D eigenvalue weighted by Gasteiger charge is -2.34. The normalized spacial score (nSPS) is 22.1. The summed E-state index contributed by atoms with van der Waals surface area (Å²) in [6.07, 6.45) is 1.95. The Kier molecular flexibility index (Phi) is 6.36. The number of amides is 1. The number of nitrogens with two attached hydrogens (primary N) is 1. The van der Waals surface area contributed by atoms with Crippen LogP contribution in [0.1, 0.15) is 31.4 Å². The lowest BCUT2D eigenvalue weighted by Crippen LogP contribution is -2.52. The van der Waals surface area contributed by atoms with Gasteiger partial charge < -0.3 is 9.64 Å². The van der Waals surface area contributed by atoms with E-state index in [0.717, 1.165) is 30.7 Å². The van der Waals surface area contributed by atoms with E-state index in [-0.39, 0.29) is 11.9 Å². The molecule has 0 bridgehead atoms. The van der Waals surface area contributed by atoms with Crippen molar-refractivity contribution < 1.29 is 17.9 Å². The molecule has 1 aromatic carbocycles. The minimum Gasteiger partial charge on any atom is -0.494 e. The van der Waals surface area contributed by atoms with Gasteiger partial charge in [-0.1, -0.05) is 12.1 Å². The van der Waals surface area contributed by atoms with Crippen LogP contribution in [0.3, 0.4) is 0 Å². The van der Waals surface area contributed by atoms with Crippen LogP contribution in [-0.4, -0.2) is 74.3 Å². The number of hydrogen-bond donors (Lipinski definition) is 1. The molecule has 150 valence electrons. The SMILES string of the molecule is CCOc1ccc(C2CCCN2C(=O)CN2CCN(S(N)(=O)=O)CC2)cc1. The summed E-state index contributed by atoms with van der Waals surface area (Å²) < 4.78 is 29.5. The molecule has 2 aliphatic heterocycles. The Morgan fingerprint density at radius 3 is 2.41 bits per heavy atom. The van der Waals surface area contributed by atoms with E-state index in [1.54, 1.807) is 0 Å². The predicted octanol–water partition coefficient (Wildman–Crippen LogP) is 0.570. The number of benzene rings is 1. The Bertz CT molecular complexity index is 745. The summed E-state index contributed by atoms with van der Waals surface area (Å²) in [7, 11) is -3.64. The smallest absolute Gasteiger partial charge is 0.276 e. The van der Waals surface area contributed by atoms with Crippen molar-refractivity contribution in [2.75, 3.05) is 45.9 Å². The molecule has 2 N–H and O–H groups in total. The van der Waals surface area contributed by atoms with E-state index < -0.39 is 10.2 Å². The summed E-state index contributed by atoms with van der Waals surface area (Å²) in [5, 5.41) is 5.16. The summed E-state index contributed by atoms with van der Waals surface area (Å²) in [5.74, 6) is 0.931. The number of ether oxygens (including phenoxy) is 1. The second kappa shape index (κ2) is 8.55. The first kappa shape index (κ1) is 20.1. The van der Waals surface area contributed by atoms with Crippen LogP contribution in [0.4, 0.5) is 0 Å². The highest BCUT2D eigenvalue weighted by Crippen LogP contribution is 2.33. The third-order valence-electron chi connectivity index (χ3n) is 5.20. The first-order chi connectivity index (χ1) is 12.9. The molecule has 0 spiro atoms. The van der Waals surface area contributed by atoms with Crippen molar-refractivity contribution in [3.8, 4) is 5.75 Å². The number of carbonyl (C=O) groups excluding carboxylic acids is 1. The van der Waals surface area contributed by atoms with Gasteiger partial charge in [-0.2, -0.15) is 12.7 Å². The van der Waals surface area contributed by atoms with Crippen molar-refractivity contribution in [3.63, 3.8) is 0 Å². The van der Waals surface area contributed by atoms with E-state index >= 15 is 0 Å². The zero-order chi connectivity index (χ0) is 19.4. The van der Waals surface area contributed by atoms with Crippen LogP contribution in [0.25, 0.3) is 0 Å². The summed E-state index contributed by atoms with van der Waals surface area (Å²) in [6, 6.07) is 8.07. The van der Waals surface area contributed by atoms with Crippen molar-refractivity contribution in [3.05, 3.63) is 29.8 Å². The molecule has 1 unspecified atom stereocenters. The van der Waals surface area contributed by atoms with Gasteiger partial charge in [0.05, 0.1) is 19.2 Å². The van der Waals surface area contributed by atoms with Crippen LogP contribution in [0.5, 0.6) is 5.75 Å².